The third kappa shape index (κ3) is 3.28. The second-order valence-corrected chi connectivity index (χ2v) is 5.64. The summed E-state index contributed by atoms with van der Waals surface area (Å²) in [5.41, 5.74) is 4.14. The van der Waals surface area contributed by atoms with Gasteiger partial charge in [-0.15, -0.1) is 0 Å². The summed E-state index contributed by atoms with van der Waals surface area (Å²) in [6.07, 6.45) is -3.54. The predicted octanol–water partition coefficient (Wildman–Crippen LogP) is 3.51. The van der Waals surface area contributed by atoms with Gasteiger partial charge in [-0.25, -0.2) is 4.79 Å². The number of hydrogen-bond acceptors (Lipinski definition) is 5. The summed E-state index contributed by atoms with van der Waals surface area (Å²) in [4.78, 5) is 12.0. The molecule has 0 aliphatic heterocycles. The first-order valence-electron chi connectivity index (χ1n) is 6.60. The largest absolute Gasteiger partial charge is 0.495 e. The molecule has 25 heavy (non-hydrogen) atoms. The first-order valence-corrected chi connectivity index (χ1v) is 7.39. The van der Waals surface area contributed by atoms with Crippen LogP contribution in [0.4, 0.5) is 18.9 Å². The number of esters is 1. The number of benzene rings is 1. The monoisotopic (exact) mass is 417 g/mol. The molecule has 0 spiro atoms. The average Bonchev–Trinajstić information content (AvgIpc) is 2.89. The SMILES string of the molecule is COC(=O)c1c(N)c(C#N)cn1-c1cc(Br)c(OC)c(C(F)(F)F)c1. The minimum absolute atomic E-state index is 0.0152. The lowest BCUT2D eigenvalue weighted by Crippen LogP contribution is -2.13. The van der Waals surface area contributed by atoms with Crippen molar-refractivity contribution in [3.8, 4) is 17.5 Å². The quantitative estimate of drug-likeness (QED) is 0.771. The van der Waals surface area contributed by atoms with E-state index < -0.39 is 23.5 Å². The van der Waals surface area contributed by atoms with Crippen LogP contribution in [0.5, 0.6) is 5.75 Å². The fraction of sp³-hybridized carbons (Fsp3) is 0.200. The molecular formula is C15H11BrF3N3O3. The van der Waals surface area contributed by atoms with Crippen molar-refractivity contribution in [3.05, 3.63) is 39.6 Å². The van der Waals surface area contributed by atoms with E-state index in [1.54, 1.807) is 6.07 Å². The van der Waals surface area contributed by atoms with Crippen LogP contribution in [0.25, 0.3) is 5.69 Å². The molecule has 1 aromatic carbocycles. The van der Waals surface area contributed by atoms with Crippen molar-refractivity contribution < 1.29 is 27.4 Å². The van der Waals surface area contributed by atoms with E-state index >= 15 is 0 Å². The number of hydrogen-bond donors (Lipinski definition) is 1. The number of carbonyl (C=O) groups is 1. The summed E-state index contributed by atoms with van der Waals surface area (Å²) in [5.74, 6) is -1.30. The number of methoxy groups -OCH3 is 2. The fourth-order valence-corrected chi connectivity index (χ4v) is 2.86. The molecule has 6 nitrogen and oxygen atoms in total. The van der Waals surface area contributed by atoms with Crippen molar-refractivity contribution in [2.75, 3.05) is 20.0 Å². The first-order chi connectivity index (χ1) is 11.6. The van der Waals surface area contributed by atoms with Gasteiger partial charge in [-0.1, -0.05) is 0 Å². The highest BCUT2D eigenvalue weighted by Gasteiger charge is 2.36. The number of nitrogens with zero attached hydrogens (tertiary/aromatic N) is 2. The van der Waals surface area contributed by atoms with Gasteiger partial charge in [0.15, 0.2) is 5.69 Å². The van der Waals surface area contributed by atoms with Gasteiger partial charge in [-0.2, -0.15) is 18.4 Å². The lowest BCUT2D eigenvalue weighted by molar-refractivity contribution is -0.138. The Kier molecular flexibility index (Phi) is 4.99. The Morgan fingerprint density at radius 1 is 1.36 bits per heavy atom. The van der Waals surface area contributed by atoms with E-state index in [1.165, 1.54) is 6.07 Å². The molecule has 2 aromatic rings. The maximum Gasteiger partial charge on any atom is 0.420 e. The number of ether oxygens (including phenoxy) is 2. The van der Waals surface area contributed by atoms with Crippen LogP contribution >= 0.6 is 15.9 Å². The van der Waals surface area contributed by atoms with E-state index in [0.717, 1.165) is 31.0 Å². The van der Waals surface area contributed by atoms with E-state index in [1.807, 2.05) is 0 Å². The van der Waals surface area contributed by atoms with Crippen molar-refractivity contribution >= 4 is 27.6 Å². The lowest BCUT2D eigenvalue weighted by atomic mass is 10.1. The number of rotatable bonds is 3. The van der Waals surface area contributed by atoms with Crippen LogP contribution in [-0.4, -0.2) is 24.8 Å². The number of halogens is 4. The van der Waals surface area contributed by atoms with Gasteiger partial charge in [0.05, 0.1) is 29.9 Å². The molecule has 0 fully saturated rings. The topological polar surface area (TPSA) is 90.3 Å². The molecule has 1 heterocycles. The van der Waals surface area contributed by atoms with Crippen molar-refractivity contribution in [2.24, 2.45) is 0 Å². The molecule has 2 N–H and O–H groups in total. The maximum absolute atomic E-state index is 13.3. The van der Waals surface area contributed by atoms with Crippen LogP contribution in [0.3, 0.4) is 0 Å². The summed E-state index contributed by atoms with van der Waals surface area (Å²) in [7, 11) is 2.20. The van der Waals surface area contributed by atoms with Gasteiger partial charge in [-0.05, 0) is 28.1 Å². The summed E-state index contributed by atoms with van der Waals surface area (Å²) in [6, 6.07) is 3.87. The van der Waals surface area contributed by atoms with Gasteiger partial charge in [0.2, 0.25) is 0 Å². The standard InChI is InChI=1S/C15H11BrF3N3O3/c1-24-13-9(15(17,18)19)3-8(4-10(13)16)22-6-7(5-20)11(21)12(22)14(23)25-2/h3-4,6H,21H2,1-2H3. The van der Waals surface area contributed by atoms with Crippen molar-refractivity contribution in [3.63, 3.8) is 0 Å². The summed E-state index contributed by atoms with van der Waals surface area (Å²) in [6.45, 7) is 0. The molecule has 2 rings (SSSR count). The molecule has 132 valence electrons. The molecule has 10 heteroatoms. The molecule has 0 amide bonds. The Balaban J connectivity index is 2.82. The minimum atomic E-state index is -4.70. The van der Waals surface area contributed by atoms with Gasteiger partial charge in [-0.3, -0.25) is 0 Å². The summed E-state index contributed by atoms with van der Waals surface area (Å²) >= 11 is 3.02. The number of aromatic nitrogens is 1. The fourth-order valence-electron chi connectivity index (χ4n) is 2.25. The highest BCUT2D eigenvalue weighted by atomic mass is 79.9. The van der Waals surface area contributed by atoms with Gasteiger partial charge in [0, 0.05) is 11.9 Å². The minimum Gasteiger partial charge on any atom is -0.495 e. The molecule has 0 radical (unpaired) electrons. The number of carbonyl (C=O) groups excluding carboxylic acids is 1. The number of nitrogens with two attached hydrogens (primary N) is 1. The Labute approximate surface area is 148 Å². The molecule has 0 aliphatic rings. The third-order valence-electron chi connectivity index (χ3n) is 3.36. The molecule has 0 saturated carbocycles. The van der Waals surface area contributed by atoms with Crippen LogP contribution in [-0.2, 0) is 10.9 Å². The van der Waals surface area contributed by atoms with Crippen LogP contribution in [0, 0.1) is 11.3 Å². The Bertz CT molecular complexity index is 885. The Morgan fingerprint density at radius 3 is 2.48 bits per heavy atom. The summed E-state index contributed by atoms with van der Waals surface area (Å²) < 4.78 is 50.4. The first kappa shape index (κ1) is 18.7. The second kappa shape index (κ2) is 6.68. The Morgan fingerprint density at radius 2 is 2.00 bits per heavy atom. The van der Waals surface area contributed by atoms with Crippen molar-refractivity contribution in [2.45, 2.75) is 6.18 Å². The predicted molar refractivity (Wildman–Crippen MR) is 85.5 cm³/mol. The molecule has 0 aliphatic carbocycles. The van der Waals surface area contributed by atoms with Crippen LogP contribution < -0.4 is 10.5 Å². The number of nitrogen functional groups attached to an aromatic ring is 1. The van der Waals surface area contributed by atoms with Gasteiger partial charge < -0.3 is 19.8 Å². The molecule has 0 saturated heterocycles. The van der Waals surface area contributed by atoms with Crippen molar-refractivity contribution in [1.82, 2.24) is 4.57 Å². The molecular weight excluding hydrogens is 407 g/mol. The zero-order chi connectivity index (χ0) is 18.9. The summed E-state index contributed by atoms with van der Waals surface area (Å²) in [5, 5.41) is 9.07. The number of anilines is 1. The highest BCUT2D eigenvalue weighted by molar-refractivity contribution is 9.10. The molecule has 1 aromatic heterocycles. The Hall–Kier alpha value is -2.67. The normalized spacial score (nSPS) is 11.1. The van der Waals surface area contributed by atoms with Crippen molar-refractivity contribution in [1.29, 1.82) is 5.26 Å². The molecule has 0 unspecified atom stereocenters. The highest BCUT2D eigenvalue weighted by Crippen LogP contribution is 2.42. The van der Waals surface area contributed by atoms with Crippen LogP contribution in [0.15, 0.2) is 22.8 Å². The average molecular weight is 418 g/mol. The molecule has 0 bridgehead atoms. The van der Waals surface area contributed by atoms with Crippen LogP contribution in [0.2, 0.25) is 0 Å². The molecule has 0 atom stereocenters. The van der Waals surface area contributed by atoms with Crippen LogP contribution in [0.1, 0.15) is 21.6 Å². The van der Waals surface area contributed by atoms with E-state index in [0.29, 0.717) is 0 Å². The zero-order valence-corrected chi connectivity index (χ0v) is 14.5. The van der Waals surface area contributed by atoms with E-state index in [4.69, 9.17) is 15.7 Å². The van der Waals surface area contributed by atoms with Gasteiger partial charge >= 0.3 is 12.1 Å². The third-order valence-corrected chi connectivity index (χ3v) is 3.95. The number of alkyl halides is 3. The number of nitriles is 1. The van der Waals surface area contributed by atoms with E-state index in [9.17, 15) is 18.0 Å². The smallest absolute Gasteiger partial charge is 0.420 e. The second-order valence-electron chi connectivity index (χ2n) is 4.78. The van der Waals surface area contributed by atoms with E-state index in [2.05, 4.69) is 20.7 Å². The van der Waals surface area contributed by atoms with Gasteiger partial charge in [0.1, 0.15) is 17.4 Å². The van der Waals surface area contributed by atoms with Gasteiger partial charge in [0.25, 0.3) is 0 Å². The lowest BCUT2D eigenvalue weighted by Gasteiger charge is -2.17. The zero-order valence-electron chi connectivity index (χ0n) is 12.9. The van der Waals surface area contributed by atoms with E-state index in [-0.39, 0.29) is 27.1 Å². The maximum atomic E-state index is 13.3.